The lowest BCUT2D eigenvalue weighted by Gasteiger charge is -2.42. The van der Waals surface area contributed by atoms with Crippen molar-refractivity contribution in [2.45, 2.75) is 64.0 Å². The highest BCUT2D eigenvalue weighted by molar-refractivity contribution is 5.68. The van der Waals surface area contributed by atoms with Crippen LogP contribution in [0.15, 0.2) is 60.2 Å². The first kappa shape index (κ1) is 31.1. The predicted molar refractivity (Wildman–Crippen MR) is 166 cm³/mol. The SMILES string of the molecule is COc1ccccc1N(CC1=CC=CC(C)(c2cc(OC)c(OC)c(OC)c2)C1)C1CCN(C(=O)OC(C)(C)C)CC1. The highest BCUT2D eigenvalue weighted by Gasteiger charge is 2.34. The lowest BCUT2D eigenvalue weighted by atomic mass is 9.74. The van der Waals surface area contributed by atoms with E-state index < -0.39 is 5.60 Å². The molecule has 1 atom stereocenters. The number of para-hydroxylation sites is 2. The smallest absolute Gasteiger partial charge is 0.410 e. The van der Waals surface area contributed by atoms with Gasteiger partial charge in [0.2, 0.25) is 5.75 Å². The van der Waals surface area contributed by atoms with Crippen molar-refractivity contribution in [1.82, 2.24) is 4.90 Å². The van der Waals surface area contributed by atoms with E-state index >= 15 is 0 Å². The molecule has 8 nitrogen and oxygen atoms in total. The fourth-order valence-electron chi connectivity index (χ4n) is 5.89. The molecule has 8 heteroatoms. The van der Waals surface area contributed by atoms with Crippen LogP contribution < -0.4 is 23.8 Å². The van der Waals surface area contributed by atoms with Gasteiger partial charge >= 0.3 is 6.09 Å². The first-order valence-electron chi connectivity index (χ1n) is 14.6. The van der Waals surface area contributed by atoms with Gasteiger partial charge in [-0.3, -0.25) is 0 Å². The van der Waals surface area contributed by atoms with Gasteiger partial charge in [-0.15, -0.1) is 0 Å². The van der Waals surface area contributed by atoms with E-state index in [0.717, 1.165) is 42.8 Å². The number of carbonyl (C=O) groups is 1. The maximum absolute atomic E-state index is 12.7. The maximum atomic E-state index is 12.7. The van der Waals surface area contributed by atoms with Crippen molar-refractivity contribution in [3.8, 4) is 23.0 Å². The molecule has 0 bridgehead atoms. The standard InChI is InChI=1S/C34H46N2O6/c1-33(2,3)42-32(37)35-18-15-26(16-19-35)36(27-13-9-10-14-28(27)38-5)23-24-12-11-17-34(4,22-24)25-20-29(39-6)31(41-8)30(21-25)40-7/h9-14,17,20-21,26H,15-16,18-19,22-23H2,1-8H3. The van der Waals surface area contributed by atoms with E-state index in [1.54, 1.807) is 28.4 Å². The van der Waals surface area contributed by atoms with E-state index in [-0.39, 0.29) is 17.6 Å². The second-order valence-corrected chi connectivity index (χ2v) is 12.2. The van der Waals surface area contributed by atoms with E-state index in [1.807, 2.05) is 49.9 Å². The number of benzene rings is 2. The Labute approximate surface area is 250 Å². The summed E-state index contributed by atoms with van der Waals surface area (Å²) in [6.45, 7) is 9.98. The Morgan fingerprint density at radius 3 is 2.14 bits per heavy atom. The summed E-state index contributed by atoms with van der Waals surface area (Å²) in [6, 6.07) is 12.5. The van der Waals surface area contributed by atoms with Crippen LogP contribution in [0.1, 0.15) is 52.5 Å². The molecule has 1 unspecified atom stereocenters. The van der Waals surface area contributed by atoms with Crippen molar-refractivity contribution in [2.75, 3.05) is 53.0 Å². The summed E-state index contributed by atoms with van der Waals surface area (Å²) >= 11 is 0. The van der Waals surface area contributed by atoms with E-state index in [1.165, 1.54) is 5.57 Å². The summed E-state index contributed by atoms with van der Waals surface area (Å²) in [4.78, 5) is 17.0. The number of nitrogens with zero attached hydrogens (tertiary/aromatic N) is 2. The minimum Gasteiger partial charge on any atom is -0.495 e. The molecule has 1 fully saturated rings. The third-order valence-corrected chi connectivity index (χ3v) is 8.04. The topological polar surface area (TPSA) is 69.7 Å². The zero-order chi connectivity index (χ0) is 30.5. The Bertz CT molecular complexity index is 1280. The Kier molecular flexibility index (Phi) is 9.64. The van der Waals surface area contributed by atoms with Crippen molar-refractivity contribution in [3.63, 3.8) is 0 Å². The molecule has 228 valence electrons. The summed E-state index contributed by atoms with van der Waals surface area (Å²) in [5.74, 6) is 2.71. The van der Waals surface area contributed by atoms with Gasteiger partial charge in [-0.25, -0.2) is 4.79 Å². The normalized spacial score (nSPS) is 19.1. The van der Waals surface area contributed by atoms with Gasteiger partial charge in [0.1, 0.15) is 11.4 Å². The Morgan fingerprint density at radius 1 is 0.952 bits per heavy atom. The lowest BCUT2D eigenvalue weighted by Crippen LogP contribution is -2.48. The van der Waals surface area contributed by atoms with Crippen LogP contribution in [0, 0.1) is 0 Å². The van der Waals surface area contributed by atoms with Gasteiger partial charge in [-0.1, -0.05) is 37.3 Å². The first-order valence-corrected chi connectivity index (χ1v) is 14.6. The molecule has 0 spiro atoms. The minimum absolute atomic E-state index is 0.235. The minimum atomic E-state index is -0.511. The van der Waals surface area contributed by atoms with E-state index in [9.17, 15) is 4.79 Å². The van der Waals surface area contributed by atoms with Gasteiger partial charge < -0.3 is 33.5 Å². The van der Waals surface area contributed by atoms with Crippen LogP contribution in [-0.4, -0.2) is 70.7 Å². The van der Waals surface area contributed by atoms with Gasteiger partial charge in [0.25, 0.3) is 0 Å². The summed E-state index contributed by atoms with van der Waals surface area (Å²) in [5.41, 5.74) is 2.66. The largest absolute Gasteiger partial charge is 0.495 e. The fourth-order valence-corrected chi connectivity index (χ4v) is 5.89. The maximum Gasteiger partial charge on any atom is 0.410 e. The van der Waals surface area contributed by atoms with Crippen molar-refractivity contribution < 1.29 is 28.5 Å². The van der Waals surface area contributed by atoms with Gasteiger partial charge in [-0.2, -0.15) is 0 Å². The average molecular weight is 579 g/mol. The number of hydrogen-bond donors (Lipinski definition) is 0. The molecule has 1 aliphatic heterocycles. The number of amides is 1. The van der Waals surface area contributed by atoms with Gasteiger partial charge in [0, 0.05) is 31.1 Å². The van der Waals surface area contributed by atoms with Crippen LogP contribution in [0.25, 0.3) is 0 Å². The summed E-state index contributed by atoms with van der Waals surface area (Å²) < 4.78 is 28.3. The van der Waals surface area contributed by atoms with Crippen molar-refractivity contribution in [2.24, 2.45) is 0 Å². The fraction of sp³-hybridized carbons (Fsp3) is 0.500. The van der Waals surface area contributed by atoms with Crippen molar-refractivity contribution in [1.29, 1.82) is 0 Å². The molecule has 4 rings (SSSR count). The number of rotatable bonds is 9. The van der Waals surface area contributed by atoms with Crippen LogP contribution in [0.4, 0.5) is 10.5 Å². The molecular weight excluding hydrogens is 532 g/mol. The number of anilines is 1. The predicted octanol–water partition coefficient (Wildman–Crippen LogP) is 6.77. The molecule has 1 aliphatic carbocycles. The van der Waals surface area contributed by atoms with Crippen molar-refractivity contribution >= 4 is 11.8 Å². The van der Waals surface area contributed by atoms with Crippen LogP contribution >= 0.6 is 0 Å². The van der Waals surface area contributed by atoms with Crippen LogP contribution in [-0.2, 0) is 10.2 Å². The number of allylic oxidation sites excluding steroid dienone is 3. The monoisotopic (exact) mass is 578 g/mol. The molecule has 0 saturated carbocycles. The van der Waals surface area contributed by atoms with Crippen LogP contribution in [0.2, 0.25) is 0 Å². The number of methoxy groups -OCH3 is 4. The molecule has 1 saturated heterocycles. The van der Waals surface area contributed by atoms with E-state index in [2.05, 4.69) is 42.2 Å². The number of piperidine rings is 1. The molecule has 2 aromatic carbocycles. The Morgan fingerprint density at radius 2 is 1.57 bits per heavy atom. The summed E-state index contributed by atoms with van der Waals surface area (Å²) in [7, 11) is 6.62. The third-order valence-electron chi connectivity index (χ3n) is 8.04. The average Bonchev–Trinajstić information content (AvgIpc) is 2.98. The molecule has 0 aromatic heterocycles. The molecule has 0 radical (unpaired) electrons. The van der Waals surface area contributed by atoms with E-state index in [4.69, 9.17) is 23.7 Å². The second kappa shape index (κ2) is 13.0. The zero-order valence-electron chi connectivity index (χ0n) is 26.4. The molecule has 1 amide bonds. The van der Waals surface area contributed by atoms with Crippen molar-refractivity contribution in [3.05, 3.63) is 65.8 Å². The molecule has 1 heterocycles. The third kappa shape index (κ3) is 6.97. The number of carbonyl (C=O) groups excluding carboxylic acids is 1. The second-order valence-electron chi connectivity index (χ2n) is 12.2. The number of likely N-dealkylation sites (tertiary alicyclic amines) is 1. The Balaban J connectivity index is 1.59. The summed E-state index contributed by atoms with van der Waals surface area (Å²) in [5, 5.41) is 0. The quantitative estimate of drug-likeness (QED) is 0.325. The highest BCUT2D eigenvalue weighted by atomic mass is 16.6. The van der Waals surface area contributed by atoms with Gasteiger partial charge in [0.15, 0.2) is 11.5 Å². The van der Waals surface area contributed by atoms with Gasteiger partial charge in [0.05, 0.1) is 34.1 Å². The number of ether oxygens (including phenoxy) is 5. The molecular formula is C34H46N2O6. The lowest BCUT2D eigenvalue weighted by molar-refractivity contribution is 0.0205. The molecule has 2 aliphatic rings. The summed E-state index contributed by atoms with van der Waals surface area (Å²) in [6.07, 6.45) is 8.86. The molecule has 42 heavy (non-hydrogen) atoms. The number of hydrogen-bond acceptors (Lipinski definition) is 7. The van der Waals surface area contributed by atoms with Crippen LogP contribution in [0.3, 0.4) is 0 Å². The molecule has 2 aromatic rings. The highest BCUT2D eigenvalue weighted by Crippen LogP contribution is 2.45. The zero-order valence-corrected chi connectivity index (χ0v) is 26.4. The molecule has 0 N–H and O–H groups in total. The Hall–Kier alpha value is -3.81. The van der Waals surface area contributed by atoms with E-state index in [0.29, 0.717) is 30.3 Å². The van der Waals surface area contributed by atoms with Gasteiger partial charge in [-0.05, 0) is 75.4 Å². The first-order chi connectivity index (χ1) is 20.0. The van der Waals surface area contributed by atoms with Crippen LogP contribution in [0.5, 0.6) is 23.0 Å².